The van der Waals surface area contributed by atoms with Crippen molar-refractivity contribution >= 4 is 11.6 Å². The van der Waals surface area contributed by atoms with Gasteiger partial charge in [-0.1, -0.05) is 30.3 Å². The monoisotopic (exact) mass is 429 g/mol. The lowest BCUT2D eigenvalue weighted by Crippen LogP contribution is -2.46. The van der Waals surface area contributed by atoms with E-state index in [4.69, 9.17) is 9.47 Å². The van der Waals surface area contributed by atoms with Crippen molar-refractivity contribution in [3.05, 3.63) is 83.7 Å². The zero-order valence-corrected chi connectivity index (χ0v) is 18.2. The number of amides is 1. The van der Waals surface area contributed by atoms with Gasteiger partial charge in [0, 0.05) is 30.7 Å². The summed E-state index contributed by atoms with van der Waals surface area (Å²) >= 11 is 0. The van der Waals surface area contributed by atoms with Gasteiger partial charge in [-0.25, -0.2) is 0 Å². The van der Waals surface area contributed by atoms with E-state index in [0.717, 1.165) is 49.3 Å². The van der Waals surface area contributed by atoms with Gasteiger partial charge in [-0.15, -0.1) is 0 Å². The molecule has 1 N–H and O–H groups in total. The van der Waals surface area contributed by atoms with E-state index in [-0.39, 0.29) is 5.91 Å². The molecule has 0 aliphatic carbocycles. The number of carbonyl (C=O) groups excluding carboxylic acids is 1. The summed E-state index contributed by atoms with van der Waals surface area (Å²) in [5.74, 6) is 1.38. The van der Waals surface area contributed by atoms with Crippen LogP contribution in [0.4, 0.5) is 5.69 Å². The summed E-state index contributed by atoms with van der Waals surface area (Å²) in [6.45, 7) is 3.05. The van der Waals surface area contributed by atoms with Crippen molar-refractivity contribution in [3.63, 3.8) is 0 Å². The number of carbonyl (C=O) groups is 1. The first kappa shape index (κ1) is 20.5. The van der Waals surface area contributed by atoms with Crippen LogP contribution in [-0.2, 0) is 23.4 Å². The fourth-order valence-electron chi connectivity index (χ4n) is 4.77. The van der Waals surface area contributed by atoms with Crippen LogP contribution in [0.15, 0.2) is 67.0 Å². The van der Waals surface area contributed by atoms with Crippen molar-refractivity contribution in [1.29, 1.82) is 0 Å². The summed E-state index contributed by atoms with van der Waals surface area (Å²) in [5.41, 5.74) is 3.68. The van der Waals surface area contributed by atoms with Crippen molar-refractivity contribution in [2.75, 3.05) is 25.5 Å². The zero-order valence-electron chi connectivity index (χ0n) is 18.2. The van der Waals surface area contributed by atoms with Crippen LogP contribution >= 0.6 is 0 Å². The Kier molecular flexibility index (Phi) is 5.53. The summed E-state index contributed by atoms with van der Waals surface area (Å²) < 4.78 is 11.7. The minimum Gasteiger partial charge on any atom is -0.493 e. The van der Waals surface area contributed by atoms with Gasteiger partial charge >= 0.3 is 0 Å². The molecular weight excluding hydrogens is 402 g/mol. The molecule has 1 amide bonds. The predicted octanol–water partition coefficient (Wildman–Crippen LogP) is 4.16. The molecule has 1 spiro atoms. The predicted molar refractivity (Wildman–Crippen MR) is 123 cm³/mol. The van der Waals surface area contributed by atoms with Crippen LogP contribution in [0.2, 0.25) is 0 Å². The van der Waals surface area contributed by atoms with Gasteiger partial charge in [-0.3, -0.25) is 14.7 Å². The number of rotatable bonds is 6. The average Bonchev–Trinajstić information content (AvgIpc) is 3.10. The third kappa shape index (κ3) is 3.82. The number of nitrogens with one attached hydrogen (secondary N) is 1. The molecule has 2 aromatic carbocycles. The summed E-state index contributed by atoms with van der Waals surface area (Å²) in [6.07, 6.45) is 5.21. The summed E-state index contributed by atoms with van der Waals surface area (Å²) in [6, 6.07) is 18.0. The second-order valence-electron chi connectivity index (χ2n) is 8.49. The summed E-state index contributed by atoms with van der Waals surface area (Å²) in [4.78, 5) is 19.6. The number of ether oxygens (including phenoxy) is 2. The number of pyridine rings is 1. The Morgan fingerprint density at radius 2 is 1.75 bits per heavy atom. The van der Waals surface area contributed by atoms with Crippen LogP contribution < -0.4 is 14.8 Å². The van der Waals surface area contributed by atoms with Crippen LogP contribution in [0.25, 0.3) is 0 Å². The molecule has 2 aliphatic heterocycles. The number of likely N-dealkylation sites (tertiary alicyclic amines) is 1. The maximum absolute atomic E-state index is 13.1. The molecule has 0 atom stereocenters. The SMILES string of the molecule is COc1cc2c(cc1OCc1ccccc1)NC(=O)C21CCN(Cc2ccncc2)CC1. The van der Waals surface area contributed by atoms with Gasteiger partial charge in [0.1, 0.15) is 6.61 Å². The van der Waals surface area contributed by atoms with Crippen molar-refractivity contribution in [1.82, 2.24) is 9.88 Å². The minimum atomic E-state index is -0.505. The quantitative estimate of drug-likeness (QED) is 0.638. The van der Waals surface area contributed by atoms with E-state index in [2.05, 4.69) is 15.2 Å². The molecular formula is C26H27N3O3. The number of piperidine rings is 1. The lowest BCUT2D eigenvalue weighted by molar-refractivity contribution is -0.122. The smallest absolute Gasteiger partial charge is 0.235 e. The lowest BCUT2D eigenvalue weighted by Gasteiger charge is -2.38. The average molecular weight is 430 g/mol. The fourth-order valence-corrected chi connectivity index (χ4v) is 4.77. The highest BCUT2D eigenvalue weighted by molar-refractivity contribution is 6.06. The number of benzene rings is 2. The third-order valence-electron chi connectivity index (χ3n) is 6.60. The summed E-state index contributed by atoms with van der Waals surface area (Å²) in [7, 11) is 1.64. The normalized spacial score (nSPS) is 17.1. The third-order valence-corrected chi connectivity index (χ3v) is 6.60. The highest BCUT2D eigenvalue weighted by Crippen LogP contribution is 2.49. The van der Waals surface area contributed by atoms with Gasteiger partial charge < -0.3 is 14.8 Å². The number of methoxy groups -OCH3 is 1. The van der Waals surface area contributed by atoms with Crippen LogP contribution in [-0.4, -0.2) is 36.0 Å². The van der Waals surface area contributed by atoms with Gasteiger partial charge in [0.05, 0.1) is 12.5 Å². The Hall–Kier alpha value is -3.38. The van der Waals surface area contributed by atoms with E-state index in [1.54, 1.807) is 7.11 Å². The highest BCUT2D eigenvalue weighted by Gasteiger charge is 2.49. The largest absolute Gasteiger partial charge is 0.493 e. The standard InChI is InChI=1S/C26H27N3O3/c1-31-23-15-21-22(16-24(23)32-18-20-5-3-2-4-6-20)28-25(30)26(21)9-13-29(14-10-26)17-19-7-11-27-12-8-19/h2-8,11-12,15-16H,9-10,13-14,17-18H2,1H3,(H,28,30). The molecule has 0 saturated carbocycles. The first-order chi connectivity index (χ1) is 15.7. The van der Waals surface area contributed by atoms with Crippen molar-refractivity contribution in [2.45, 2.75) is 31.4 Å². The number of anilines is 1. The molecule has 0 radical (unpaired) electrons. The molecule has 6 nitrogen and oxygen atoms in total. The maximum Gasteiger partial charge on any atom is 0.235 e. The fraction of sp³-hybridized carbons (Fsp3) is 0.308. The minimum absolute atomic E-state index is 0.0818. The number of nitrogens with zero attached hydrogens (tertiary/aromatic N) is 2. The van der Waals surface area contributed by atoms with Gasteiger partial charge in [0.25, 0.3) is 0 Å². The Morgan fingerprint density at radius 3 is 2.47 bits per heavy atom. The Labute approximate surface area is 188 Å². The lowest BCUT2D eigenvalue weighted by atomic mass is 9.73. The van der Waals surface area contributed by atoms with Crippen LogP contribution in [0, 0.1) is 0 Å². The van der Waals surface area contributed by atoms with E-state index in [1.807, 2.05) is 67.0 Å². The number of fused-ring (bicyclic) bond motifs is 2. The summed E-state index contributed by atoms with van der Waals surface area (Å²) in [5, 5.41) is 3.11. The second kappa shape index (κ2) is 8.63. The Bertz CT molecular complexity index is 1090. The zero-order chi connectivity index (χ0) is 22.0. The molecule has 0 bridgehead atoms. The van der Waals surface area contributed by atoms with E-state index in [9.17, 15) is 4.79 Å². The number of aromatic nitrogens is 1. The van der Waals surface area contributed by atoms with Crippen LogP contribution in [0.3, 0.4) is 0 Å². The van der Waals surface area contributed by atoms with Gasteiger partial charge in [-0.05, 0) is 60.8 Å². The van der Waals surface area contributed by atoms with Gasteiger partial charge in [0.15, 0.2) is 11.5 Å². The molecule has 1 fully saturated rings. The molecule has 5 rings (SSSR count). The van der Waals surface area contributed by atoms with E-state index >= 15 is 0 Å². The topological polar surface area (TPSA) is 63.7 Å². The van der Waals surface area contributed by atoms with E-state index in [1.165, 1.54) is 5.56 Å². The Morgan fingerprint density at radius 1 is 1.00 bits per heavy atom. The first-order valence-corrected chi connectivity index (χ1v) is 11.0. The van der Waals surface area contributed by atoms with Crippen molar-refractivity contribution in [3.8, 4) is 11.5 Å². The molecule has 0 unspecified atom stereocenters. The molecule has 3 heterocycles. The molecule has 1 saturated heterocycles. The van der Waals surface area contributed by atoms with Gasteiger partial charge in [-0.2, -0.15) is 0 Å². The van der Waals surface area contributed by atoms with E-state index < -0.39 is 5.41 Å². The van der Waals surface area contributed by atoms with Crippen LogP contribution in [0.5, 0.6) is 11.5 Å². The van der Waals surface area contributed by atoms with E-state index in [0.29, 0.717) is 18.1 Å². The van der Waals surface area contributed by atoms with Crippen molar-refractivity contribution in [2.24, 2.45) is 0 Å². The molecule has 3 aromatic rings. The molecule has 32 heavy (non-hydrogen) atoms. The highest BCUT2D eigenvalue weighted by atomic mass is 16.5. The molecule has 6 heteroatoms. The Balaban J connectivity index is 1.34. The maximum atomic E-state index is 13.1. The number of hydrogen-bond acceptors (Lipinski definition) is 5. The van der Waals surface area contributed by atoms with Crippen molar-refractivity contribution < 1.29 is 14.3 Å². The molecule has 2 aliphatic rings. The van der Waals surface area contributed by atoms with Crippen LogP contribution in [0.1, 0.15) is 29.5 Å². The number of hydrogen-bond donors (Lipinski definition) is 1. The first-order valence-electron chi connectivity index (χ1n) is 11.0. The molecule has 164 valence electrons. The molecule has 1 aromatic heterocycles. The van der Waals surface area contributed by atoms with Gasteiger partial charge in [0.2, 0.25) is 5.91 Å². The second-order valence-corrected chi connectivity index (χ2v) is 8.49.